The zero-order valence-corrected chi connectivity index (χ0v) is 11.5. The molecule has 1 atom stereocenters. The van der Waals surface area contributed by atoms with Crippen LogP contribution in [0.1, 0.15) is 18.9 Å². The largest absolute Gasteiger partial charge is 0.495 e. The molecule has 0 bridgehead atoms. The molecule has 0 saturated carbocycles. The number of para-hydroxylation sites is 1. The summed E-state index contributed by atoms with van der Waals surface area (Å²) < 4.78 is 5.43. The van der Waals surface area contributed by atoms with Gasteiger partial charge >= 0.3 is 0 Å². The second-order valence-corrected chi connectivity index (χ2v) is 5.68. The summed E-state index contributed by atoms with van der Waals surface area (Å²) in [6, 6.07) is 6.06. The Morgan fingerprint density at radius 2 is 2.32 bits per heavy atom. The third-order valence-corrected chi connectivity index (χ3v) is 4.34. The van der Waals surface area contributed by atoms with Crippen molar-refractivity contribution in [3.63, 3.8) is 0 Å². The van der Waals surface area contributed by atoms with Gasteiger partial charge in [0.05, 0.1) is 12.8 Å². The molecule has 19 heavy (non-hydrogen) atoms. The fourth-order valence-electron chi connectivity index (χ4n) is 3.41. The second kappa shape index (κ2) is 4.53. The van der Waals surface area contributed by atoms with Gasteiger partial charge in [-0.25, -0.2) is 0 Å². The lowest BCUT2D eigenvalue weighted by molar-refractivity contribution is -0.117. The summed E-state index contributed by atoms with van der Waals surface area (Å²) in [6.45, 7) is 4.47. The van der Waals surface area contributed by atoms with Crippen LogP contribution >= 0.6 is 0 Å². The number of hydrogen-bond acceptors (Lipinski definition) is 3. The lowest BCUT2D eigenvalue weighted by Crippen LogP contribution is -2.47. The molecule has 1 aromatic carbocycles. The van der Waals surface area contributed by atoms with Gasteiger partial charge in [0.2, 0.25) is 5.91 Å². The SMILES string of the molecule is COc1cccc2c1N(C(C)=O)CC1(CCNC1)C2. The lowest BCUT2D eigenvalue weighted by Gasteiger charge is -2.41. The van der Waals surface area contributed by atoms with Crippen LogP contribution in [0.15, 0.2) is 18.2 Å². The van der Waals surface area contributed by atoms with Crippen LogP contribution in [0, 0.1) is 5.41 Å². The Bertz CT molecular complexity index is 507. The van der Waals surface area contributed by atoms with E-state index in [9.17, 15) is 4.79 Å². The van der Waals surface area contributed by atoms with E-state index in [1.165, 1.54) is 5.56 Å². The monoisotopic (exact) mass is 260 g/mol. The molecule has 1 amide bonds. The average Bonchev–Trinajstić information content (AvgIpc) is 2.84. The van der Waals surface area contributed by atoms with E-state index in [4.69, 9.17) is 4.74 Å². The summed E-state index contributed by atoms with van der Waals surface area (Å²) in [5.74, 6) is 0.894. The number of carbonyl (C=O) groups excluding carboxylic acids is 1. The maximum absolute atomic E-state index is 12.0. The minimum Gasteiger partial charge on any atom is -0.495 e. The molecule has 2 aliphatic rings. The van der Waals surface area contributed by atoms with Gasteiger partial charge in [0.1, 0.15) is 5.75 Å². The van der Waals surface area contributed by atoms with Gasteiger partial charge in [-0.2, -0.15) is 0 Å². The van der Waals surface area contributed by atoms with Crippen LogP contribution in [0.25, 0.3) is 0 Å². The van der Waals surface area contributed by atoms with Crippen LogP contribution in [-0.4, -0.2) is 32.7 Å². The highest BCUT2D eigenvalue weighted by Gasteiger charge is 2.42. The van der Waals surface area contributed by atoms with E-state index in [-0.39, 0.29) is 11.3 Å². The quantitative estimate of drug-likeness (QED) is 0.833. The van der Waals surface area contributed by atoms with Crippen molar-refractivity contribution in [1.29, 1.82) is 0 Å². The molecular weight excluding hydrogens is 240 g/mol. The molecule has 0 aromatic heterocycles. The Balaban J connectivity index is 2.08. The van der Waals surface area contributed by atoms with Crippen LogP contribution in [0.5, 0.6) is 5.75 Å². The molecule has 1 aromatic rings. The Morgan fingerprint density at radius 3 is 2.95 bits per heavy atom. The van der Waals surface area contributed by atoms with Crippen molar-refractivity contribution in [3.05, 3.63) is 23.8 Å². The first-order chi connectivity index (χ1) is 9.15. The maximum atomic E-state index is 12.0. The molecule has 0 radical (unpaired) electrons. The number of carbonyl (C=O) groups is 1. The van der Waals surface area contributed by atoms with E-state index in [0.29, 0.717) is 0 Å². The number of nitrogens with zero attached hydrogens (tertiary/aromatic N) is 1. The average molecular weight is 260 g/mol. The number of hydrogen-bond donors (Lipinski definition) is 1. The van der Waals surface area contributed by atoms with Crippen LogP contribution < -0.4 is 15.0 Å². The lowest BCUT2D eigenvalue weighted by atomic mass is 9.76. The minimum absolute atomic E-state index is 0.0942. The Morgan fingerprint density at radius 1 is 1.47 bits per heavy atom. The number of methoxy groups -OCH3 is 1. The Kier molecular flexibility index (Phi) is 2.97. The van der Waals surface area contributed by atoms with Crippen molar-refractivity contribution in [2.24, 2.45) is 5.41 Å². The minimum atomic E-state index is 0.0942. The first-order valence-corrected chi connectivity index (χ1v) is 6.80. The van der Waals surface area contributed by atoms with Gasteiger partial charge in [0.15, 0.2) is 0 Å². The Hall–Kier alpha value is -1.55. The fourth-order valence-corrected chi connectivity index (χ4v) is 3.41. The molecule has 4 nitrogen and oxygen atoms in total. The smallest absolute Gasteiger partial charge is 0.223 e. The van der Waals surface area contributed by atoms with Gasteiger partial charge in [-0.05, 0) is 31.0 Å². The van der Waals surface area contributed by atoms with Crippen molar-refractivity contribution in [2.75, 3.05) is 31.6 Å². The standard InChI is InChI=1S/C15H20N2O2/c1-11(18)17-10-15(6-7-16-9-15)8-12-4-3-5-13(19-2)14(12)17/h3-5,16H,6-10H2,1-2H3. The van der Waals surface area contributed by atoms with E-state index in [1.807, 2.05) is 17.0 Å². The molecule has 1 unspecified atom stereocenters. The number of benzene rings is 1. The van der Waals surface area contributed by atoms with Crippen LogP contribution in [0.3, 0.4) is 0 Å². The zero-order valence-electron chi connectivity index (χ0n) is 11.5. The van der Waals surface area contributed by atoms with Crippen LogP contribution in [-0.2, 0) is 11.2 Å². The highest BCUT2D eigenvalue weighted by atomic mass is 16.5. The topological polar surface area (TPSA) is 41.6 Å². The van der Waals surface area contributed by atoms with Gasteiger partial charge in [0.25, 0.3) is 0 Å². The molecule has 1 fully saturated rings. The number of ether oxygens (including phenoxy) is 1. The van der Waals surface area contributed by atoms with Gasteiger partial charge in [-0.15, -0.1) is 0 Å². The summed E-state index contributed by atoms with van der Waals surface area (Å²) in [5.41, 5.74) is 2.39. The van der Waals surface area contributed by atoms with E-state index in [2.05, 4.69) is 11.4 Å². The zero-order chi connectivity index (χ0) is 13.5. The van der Waals surface area contributed by atoms with Crippen LogP contribution in [0.2, 0.25) is 0 Å². The van der Waals surface area contributed by atoms with Crippen molar-refractivity contribution >= 4 is 11.6 Å². The molecular formula is C15H20N2O2. The fraction of sp³-hybridized carbons (Fsp3) is 0.533. The van der Waals surface area contributed by atoms with Gasteiger partial charge < -0.3 is 15.0 Å². The third-order valence-electron chi connectivity index (χ3n) is 4.34. The molecule has 4 heteroatoms. The molecule has 1 spiro atoms. The Labute approximate surface area is 113 Å². The molecule has 0 aliphatic carbocycles. The van der Waals surface area contributed by atoms with Gasteiger partial charge in [-0.3, -0.25) is 4.79 Å². The highest BCUT2D eigenvalue weighted by Crippen LogP contribution is 2.44. The molecule has 2 heterocycles. The molecule has 3 rings (SSSR count). The maximum Gasteiger partial charge on any atom is 0.223 e. The number of anilines is 1. The summed E-state index contributed by atoms with van der Waals surface area (Å²) in [7, 11) is 1.66. The molecule has 102 valence electrons. The number of fused-ring (bicyclic) bond motifs is 1. The summed E-state index contributed by atoms with van der Waals surface area (Å²) >= 11 is 0. The summed E-state index contributed by atoms with van der Waals surface area (Å²) in [6.07, 6.45) is 2.16. The summed E-state index contributed by atoms with van der Waals surface area (Å²) in [4.78, 5) is 13.9. The number of amides is 1. The predicted octanol–water partition coefficient (Wildman–Crippen LogP) is 1.58. The predicted molar refractivity (Wildman–Crippen MR) is 74.6 cm³/mol. The van der Waals surface area contributed by atoms with E-state index >= 15 is 0 Å². The van der Waals surface area contributed by atoms with Crippen molar-refractivity contribution in [3.8, 4) is 5.75 Å². The normalized spacial score (nSPS) is 25.5. The first kappa shape index (κ1) is 12.5. The number of nitrogens with one attached hydrogen (secondary N) is 1. The summed E-state index contributed by atoms with van der Waals surface area (Å²) in [5, 5.41) is 3.43. The van der Waals surface area contributed by atoms with E-state index in [1.54, 1.807) is 14.0 Å². The van der Waals surface area contributed by atoms with E-state index in [0.717, 1.165) is 43.9 Å². The molecule has 1 saturated heterocycles. The van der Waals surface area contributed by atoms with E-state index < -0.39 is 0 Å². The third kappa shape index (κ3) is 2.00. The molecule has 2 aliphatic heterocycles. The number of rotatable bonds is 1. The van der Waals surface area contributed by atoms with Gasteiger partial charge in [0, 0.05) is 25.4 Å². The molecule has 1 N–H and O–H groups in total. The van der Waals surface area contributed by atoms with Crippen molar-refractivity contribution in [2.45, 2.75) is 19.8 Å². The highest BCUT2D eigenvalue weighted by molar-refractivity contribution is 5.95. The van der Waals surface area contributed by atoms with Gasteiger partial charge in [-0.1, -0.05) is 12.1 Å². The second-order valence-electron chi connectivity index (χ2n) is 5.68. The van der Waals surface area contributed by atoms with Crippen molar-refractivity contribution in [1.82, 2.24) is 5.32 Å². The van der Waals surface area contributed by atoms with Crippen molar-refractivity contribution < 1.29 is 9.53 Å². The van der Waals surface area contributed by atoms with Crippen LogP contribution in [0.4, 0.5) is 5.69 Å². The first-order valence-electron chi connectivity index (χ1n) is 6.80.